The second-order valence-corrected chi connectivity index (χ2v) is 5.93. The Hall–Kier alpha value is -3.67. The normalized spacial score (nSPS) is 10.1. The summed E-state index contributed by atoms with van der Waals surface area (Å²) in [6, 6.07) is 15.7. The van der Waals surface area contributed by atoms with Crippen molar-refractivity contribution in [3.63, 3.8) is 0 Å². The Morgan fingerprint density at radius 3 is 2.41 bits per heavy atom. The van der Waals surface area contributed by atoms with E-state index in [9.17, 15) is 9.59 Å². The predicted molar refractivity (Wildman–Crippen MR) is 104 cm³/mol. The van der Waals surface area contributed by atoms with Crippen LogP contribution in [0.1, 0.15) is 26.3 Å². The van der Waals surface area contributed by atoms with Crippen molar-refractivity contribution in [2.24, 2.45) is 0 Å². The molecule has 0 saturated heterocycles. The molecule has 2 N–H and O–H groups in total. The largest absolute Gasteiger partial charge is 0.494 e. The molecule has 6 nitrogen and oxygen atoms in total. The number of hydrogen-bond donors (Lipinski definition) is 2. The van der Waals surface area contributed by atoms with E-state index in [4.69, 9.17) is 4.74 Å². The first-order chi connectivity index (χ1) is 13.1. The van der Waals surface area contributed by atoms with E-state index < -0.39 is 0 Å². The molecular weight excluding hydrogens is 342 g/mol. The summed E-state index contributed by atoms with van der Waals surface area (Å²) in [4.78, 5) is 28.6. The van der Waals surface area contributed by atoms with Crippen molar-refractivity contribution < 1.29 is 14.3 Å². The number of carbonyl (C=O) groups is 2. The van der Waals surface area contributed by atoms with E-state index in [0.29, 0.717) is 28.3 Å². The van der Waals surface area contributed by atoms with Gasteiger partial charge < -0.3 is 15.4 Å². The summed E-state index contributed by atoms with van der Waals surface area (Å²) >= 11 is 0. The minimum Gasteiger partial charge on any atom is -0.494 e. The number of anilines is 2. The molecule has 136 valence electrons. The number of aryl methyl sites for hydroxylation is 1. The van der Waals surface area contributed by atoms with E-state index in [1.54, 1.807) is 42.6 Å². The van der Waals surface area contributed by atoms with Gasteiger partial charge in [0.25, 0.3) is 11.8 Å². The Bertz CT molecular complexity index is 971. The molecule has 0 saturated carbocycles. The summed E-state index contributed by atoms with van der Waals surface area (Å²) in [7, 11) is 1.50. The predicted octanol–water partition coefficient (Wildman–Crippen LogP) is 3.90. The minimum absolute atomic E-state index is 0.215. The number of carbonyl (C=O) groups excluding carboxylic acids is 2. The Labute approximate surface area is 157 Å². The average Bonchev–Trinajstić information content (AvgIpc) is 2.69. The fourth-order valence-electron chi connectivity index (χ4n) is 2.55. The first-order valence-electron chi connectivity index (χ1n) is 8.34. The van der Waals surface area contributed by atoms with E-state index >= 15 is 0 Å². The van der Waals surface area contributed by atoms with Gasteiger partial charge in [-0.2, -0.15) is 0 Å². The van der Waals surface area contributed by atoms with Crippen LogP contribution in [0.5, 0.6) is 5.75 Å². The van der Waals surface area contributed by atoms with E-state index in [-0.39, 0.29) is 11.8 Å². The molecule has 3 aromatic rings. The molecule has 0 aliphatic carbocycles. The van der Waals surface area contributed by atoms with Crippen LogP contribution < -0.4 is 15.4 Å². The monoisotopic (exact) mass is 361 g/mol. The quantitative estimate of drug-likeness (QED) is 0.722. The van der Waals surface area contributed by atoms with Gasteiger partial charge in [-0.05, 0) is 43.3 Å². The van der Waals surface area contributed by atoms with Gasteiger partial charge in [-0.1, -0.05) is 17.7 Å². The second kappa shape index (κ2) is 8.14. The third kappa shape index (κ3) is 4.49. The van der Waals surface area contributed by atoms with Gasteiger partial charge in [-0.3, -0.25) is 14.6 Å². The maximum Gasteiger partial charge on any atom is 0.257 e. The zero-order valence-corrected chi connectivity index (χ0v) is 15.0. The molecule has 0 aliphatic rings. The van der Waals surface area contributed by atoms with Crippen molar-refractivity contribution in [3.8, 4) is 5.75 Å². The van der Waals surface area contributed by atoms with Crippen LogP contribution in [0.25, 0.3) is 0 Å². The molecule has 3 rings (SSSR count). The molecule has 2 aromatic carbocycles. The fraction of sp³-hybridized carbons (Fsp3) is 0.0952. The molecule has 0 atom stereocenters. The number of methoxy groups -OCH3 is 1. The molecular formula is C21H19N3O3. The third-order valence-electron chi connectivity index (χ3n) is 3.91. The Kier molecular flexibility index (Phi) is 5.47. The van der Waals surface area contributed by atoms with Gasteiger partial charge in [0, 0.05) is 29.7 Å². The minimum atomic E-state index is -0.294. The summed E-state index contributed by atoms with van der Waals surface area (Å²) < 4.78 is 5.35. The van der Waals surface area contributed by atoms with Crippen LogP contribution in [0, 0.1) is 6.92 Å². The lowest BCUT2D eigenvalue weighted by Gasteiger charge is -2.13. The van der Waals surface area contributed by atoms with Crippen LogP contribution >= 0.6 is 0 Å². The number of amides is 2. The zero-order chi connectivity index (χ0) is 19.2. The van der Waals surface area contributed by atoms with E-state index in [1.165, 1.54) is 13.3 Å². The number of hydrogen-bond acceptors (Lipinski definition) is 4. The van der Waals surface area contributed by atoms with Crippen molar-refractivity contribution in [2.75, 3.05) is 17.7 Å². The second-order valence-electron chi connectivity index (χ2n) is 5.93. The lowest BCUT2D eigenvalue weighted by atomic mass is 10.1. The Morgan fingerprint density at radius 1 is 0.926 bits per heavy atom. The SMILES string of the molecule is COc1cc(NC(=O)c2cccc(C)c2)ccc1NC(=O)c1cccnc1. The number of pyridine rings is 1. The summed E-state index contributed by atoms with van der Waals surface area (Å²) in [5.74, 6) is -0.0693. The first kappa shape index (κ1) is 18.1. The smallest absolute Gasteiger partial charge is 0.257 e. The van der Waals surface area contributed by atoms with Gasteiger partial charge in [-0.25, -0.2) is 0 Å². The van der Waals surface area contributed by atoms with Crippen LogP contribution in [-0.2, 0) is 0 Å². The lowest BCUT2D eigenvalue weighted by Crippen LogP contribution is -2.14. The first-order valence-corrected chi connectivity index (χ1v) is 8.34. The molecule has 1 heterocycles. The Balaban J connectivity index is 1.76. The molecule has 0 spiro atoms. The van der Waals surface area contributed by atoms with Crippen LogP contribution in [0.2, 0.25) is 0 Å². The van der Waals surface area contributed by atoms with Gasteiger partial charge in [0.05, 0.1) is 18.4 Å². The highest BCUT2D eigenvalue weighted by Gasteiger charge is 2.12. The number of benzene rings is 2. The molecule has 0 unspecified atom stereocenters. The van der Waals surface area contributed by atoms with Crippen molar-refractivity contribution in [2.45, 2.75) is 6.92 Å². The van der Waals surface area contributed by atoms with Gasteiger partial charge in [-0.15, -0.1) is 0 Å². The summed E-state index contributed by atoms with van der Waals surface area (Å²) in [6.07, 6.45) is 3.08. The van der Waals surface area contributed by atoms with Crippen LogP contribution in [0.4, 0.5) is 11.4 Å². The van der Waals surface area contributed by atoms with Gasteiger partial charge in [0.1, 0.15) is 5.75 Å². The van der Waals surface area contributed by atoms with Gasteiger partial charge in [0.2, 0.25) is 0 Å². The van der Waals surface area contributed by atoms with Crippen LogP contribution in [-0.4, -0.2) is 23.9 Å². The standard InChI is InChI=1S/C21H19N3O3/c1-14-5-3-6-15(11-14)20(25)23-17-8-9-18(19(12-17)27-2)24-21(26)16-7-4-10-22-13-16/h3-13H,1-2H3,(H,23,25)(H,24,26). The lowest BCUT2D eigenvalue weighted by molar-refractivity contribution is 0.101. The van der Waals surface area contributed by atoms with Crippen LogP contribution in [0.15, 0.2) is 67.0 Å². The summed E-state index contributed by atoms with van der Waals surface area (Å²) in [6.45, 7) is 1.93. The highest BCUT2D eigenvalue weighted by molar-refractivity contribution is 6.06. The van der Waals surface area contributed by atoms with Crippen molar-refractivity contribution >= 4 is 23.2 Å². The number of nitrogens with zero attached hydrogens (tertiary/aromatic N) is 1. The molecule has 0 aliphatic heterocycles. The highest BCUT2D eigenvalue weighted by Crippen LogP contribution is 2.28. The Morgan fingerprint density at radius 2 is 1.70 bits per heavy atom. The highest BCUT2D eigenvalue weighted by atomic mass is 16.5. The van der Waals surface area contributed by atoms with Crippen molar-refractivity contribution in [3.05, 3.63) is 83.7 Å². The maximum absolute atomic E-state index is 12.4. The van der Waals surface area contributed by atoms with Crippen molar-refractivity contribution in [1.29, 1.82) is 0 Å². The van der Waals surface area contributed by atoms with E-state index in [2.05, 4.69) is 15.6 Å². The third-order valence-corrected chi connectivity index (χ3v) is 3.91. The maximum atomic E-state index is 12.4. The van der Waals surface area contributed by atoms with Crippen LogP contribution in [0.3, 0.4) is 0 Å². The summed E-state index contributed by atoms with van der Waals surface area (Å²) in [5.41, 5.74) is 3.09. The molecule has 0 radical (unpaired) electrons. The molecule has 0 bridgehead atoms. The van der Waals surface area contributed by atoms with Crippen molar-refractivity contribution in [1.82, 2.24) is 4.98 Å². The average molecular weight is 361 g/mol. The molecule has 6 heteroatoms. The molecule has 2 amide bonds. The zero-order valence-electron chi connectivity index (χ0n) is 15.0. The van der Waals surface area contributed by atoms with E-state index in [1.807, 2.05) is 25.1 Å². The van der Waals surface area contributed by atoms with Gasteiger partial charge >= 0.3 is 0 Å². The number of aromatic nitrogens is 1. The topological polar surface area (TPSA) is 80.3 Å². The number of nitrogens with one attached hydrogen (secondary N) is 2. The summed E-state index contributed by atoms with van der Waals surface area (Å²) in [5, 5.41) is 5.61. The van der Waals surface area contributed by atoms with Gasteiger partial charge in [0.15, 0.2) is 0 Å². The number of rotatable bonds is 5. The molecule has 0 fully saturated rings. The number of ether oxygens (including phenoxy) is 1. The van der Waals surface area contributed by atoms with E-state index in [0.717, 1.165) is 5.56 Å². The molecule has 27 heavy (non-hydrogen) atoms. The fourth-order valence-corrected chi connectivity index (χ4v) is 2.55. The molecule has 1 aromatic heterocycles.